The number of aliphatic carboxylic acids is 1. The van der Waals surface area contributed by atoms with Gasteiger partial charge in [-0.05, 0) is 49.6 Å². The number of ether oxygens (including phenoxy) is 1. The number of fused-ring (bicyclic) bond motifs is 1. The van der Waals surface area contributed by atoms with E-state index in [-0.39, 0.29) is 5.75 Å². The number of hydrogen-bond donors (Lipinski definition) is 2. The lowest BCUT2D eigenvalue weighted by molar-refractivity contribution is -0.187. The van der Waals surface area contributed by atoms with E-state index in [4.69, 9.17) is 9.84 Å². The van der Waals surface area contributed by atoms with Crippen LogP contribution in [0.1, 0.15) is 40.8 Å². The minimum Gasteiger partial charge on any atom is -0.478 e. The van der Waals surface area contributed by atoms with Gasteiger partial charge in [0, 0.05) is 18.2 Å². The molecule has 2 atom stereocenters. The Kier molecular flexibility index (Phi) is 8.35. The van der Waals surface area contributed by atoms with Crippen molar-refractivity contribution >= 4 is 12.0 Å². The third-order valence-corrected chi connectivity index (χ3v) is 5.58. The number of carboxylic acids is 1. The van der Waals surface area contributed by atoms with E-state index < -0.39 is 23.8 Å². The summed E-state index contributed by atoms with van der Waals surface area (Å²) in [6.45, 7) is 6.51. The molecule has 1 aliphatic heterocycles. The third kappa shape index (κ3) is 6.96. The van der Waals surface area contributed by atoms with E-state index in [1.165, 1.54) is 11.1 Å². The topological polar surface area (TPSA) is 58.6 Å². The summed E-state index contributed by atoms with van der Waals surface area (Å²) in [5.74, 6) is -1.55. The third-order valence-electron chi connectivity index (χ3n) is 5.58. The van der Waals surface area contributed by atoms with Gasteiger partial charge in [0.2, 0.25) is 6.10 Å². The van der Waals surface area contributed by atoms with E-state index >= 15 is 0 Å². The lowest BCUT2D eigenvalue weighted by Gasteiger charge is -2.28. The van der Waals surface area contributed by atoms with Crippen LogP contribution in [0, 0.1) is 13.8 Å². The largest absolute Gasteiger partial charge is 0.478 e. The fraction of sp³-hybridized carbons (Fsp3) is 0.250. The molecule has 184 valence electrons. The lowest BCUT2D eigenvalue weighted by atomic mass is 9.97. The van der Waals surface area contributed by atoms with Crippen LogP contribution in [0.3, 0.4) is 0 Å². The van der Waals surface area contributed by atoms with Crippen molar-refractivity contribution in [3.8, 4) is 5.75 Å². The molecule has 3 aromatic rings. The molecule has 7 heteroatoms. The van der Waals surface area contributed by atoms with Gasteiger partial charge in [-0.1, -0.05) is 72.3 Å². The van der Waals surface area contributed by atoms with Gasteiger partial charge in [-0.2, -0.15) is 13.2 Å². The Morgan fingerprint density at radius 1 is 1.03 bits per heavy atom. The fourth-order valence-electron chi connectivity index (χ4n) is 3.82. The molecule has 0 saturated heterocycles. The standard InChI is InChI=1S/C15H17N.C13H11F3O3/c1-13(15-10-6-3-7-11-15)16-12-14-8-4-2-5-9-14;1-6-3-7(2)10-8(4-6)5-9(12(17)18)11(19-10)13(14,15)16/h2-11,13,16H,12H2,1H3;3-5,11H,1-2H3,(H,17,18)/t13-;11-/m00/s1. The van der Waals surface area contributed by atoms with Crippen LogP contribution < -0.4 is 10.1 Å². The highest BCUT2D eigenvalue weighted by molar-refractivity contribution is 5.95. The van der Waals surface area contributed by atoms with Gasteiger partial charge in [0.05, 0.1) is 5.57 Å². The van der Waals surface area contributed by atoms with Gasteiger partial charge in [0.25, 0.3) is 0 Å². The first kappa shape index (κ1) is 26.0. The Morgan fingerprint density at radius 3 is 2.20 bits per heavy atom. The monoisotopic (exact) mass is 483 g/mol. The summed E-state index contributed by atoms with van der Waals surface area (Å²) in [7, 11) is 0. The second kappa shape index (κ2) is 11.2. The molecule has 0 aromatic heterocycles. The van der Waals surface area contributed by atoms with Crippen LogP contribution in [0.4, 0.5) is 13.2 Å². The summed E-state index contributed by atoms with van der Waals surface area (Å²) < 4.78 is 43.4. The SMILES string of the molecule is C[C@H](NCc1ccccc1)c1ccccc1.Cc1cc(C)c2c(c1)C=C(C(=O)O)[C@@H](C(F)(F)F)O2. The Labute approximate surface area is 203 Å². The lowest BCUT2D eigenvalue weighted by Crippen LogP contribution is -2.40. The average molecular weight is 484 g/mol. The van der Waals surface area contributed by atoms with Gasteiger partial charge in [-0.3, -0.25) is 0 Å². The number of rotatable bonds is 5. The average Bonchev–Trinajstić information content (AvgIpc) is 2.82. The van der Waals surface area contributed by atoms with Crippen molar-refractivity contribution in [1.29, 1.82) is 0 Å². The second-order valence-corrected chi connectivity index (χ2v) is 8.44. The van der Waals surface area contributed by atoms with Crippen molar-refractivity contribution in [2.24, 2.45) is 0 Å². The molecular weight excluding hydrogens is 455 g/mol. The van der Waals surface area contributed by atoms with Crippen molar-refractivity contribution in [3.63, 3.8) is 0 Å². The van der Waals surface area contributed by atoms with Crippen molar-refractivity contribution in [2.75, 3.05) is 0 Å². The summed E-state index contributed by atoms with van der Waals surface area (Å²) in [5, 5.41) is 12.4. The number of carbonyl (C=O) groups is 1. The predicted molar refractivity (Wildman–Crippen MR) is 130 cm³/mol. The van der Waals surface area contributed by atoms with Crippen LogP contribution in [-0.4, -0.2) is 23.4 Å². The summed E-state index contributed by atoms with van der Waals surface area (Å²) in [6.07, 6.45) is -6.17. The Bertz CT molecular complexity index is 1180. The van der Waals surface area contributed by atoms with E-state index in [1.54, 1.807) is 26.0 Å². The van der Waals surface area contributed by atoms with Gasteiger partial charge in [-0.25, -0.2) is 4.79 Å². The maximum Gasteiger partial charge on any atom is 0.430 e. The van der Waals surface area contributed by atoms with Gasteiger partial charge >= 0.3 is 12.1 Å². The number of aryl methyl sites for hydroxylation is 2. The molecule has 1 aliphatic rings. The molecule has 4 nitrogen and oxygen atoms in total. The van der Waals surface area contributed by atoms with Crippen molar-refractivity contribution in [3.05, 3.63) is 106 Å². The first-order chi connectivity index (χ1) is 16.6. The molecule has 2 N–H and O–H groups in total. The Hall–Kier alpha value is -3.58. The summed E-state index contributed by atoms with van der Waals surface area (Å²) in [5.41, 5.74) is 3.58. The smallest absolute Gasteiger partial charge is 0.430 e. The highest BCUT2D eigenvalue weighted by atomic mass is 19.4. The second-order valence-electron chi connectivity index (χ2n) is 8.44. The van der Waals surface area contributed by atoms with E-state index in [0.717, 1.165) is 18.2 Å². The molecule has 0 spiro atoms. The zero-order valence-electron chi connectivity index (χ0n) is 19.8. The number of hydrogen-bond acceptors (Lipinski definition) is 3. The molecule has 0 saturated carbocycles. The summed E-state index contributed by atoms with van der Waals surface area (Å²) in [4.78, 5) is 10.9. The van der Waals surface area contributed by atoms with Crippen LogP contribution in [0.2, 0.25) is 0 Å². The molecule has 3 aromatic carbocycles. The molecule has 0 bridgehead atoms. The van der Waals surface area contributed by atoms with Crippen LogP contribution >= 0.6 is 0 Å². The predicted octanol–water partition coefficient (Wildman–Crippen LogP) is 6.63. The van der Waals surface area contributed by atoms with Crippen molar-refractivity contribution < 1.29 is 27.8 Å². The summed E-state index contributed by atoms with van der Waals surface area (Å²) in [6, 6.07) is 24.7. The Balaban J connectivity index is 0.000000198. The molecule has 0 aliphatic carbocycles. The minimum absolute atomic E-state index is 0.0814. The van der Waals surface area contributed by atoms with E-state index in [9.17, 15) is 18.0 Å². The van der Waals surface area contributed by atoms with Crippen LogP contribution in [-0.2, 0) is 11.3 Å². The van der Waals surface area contributed by atoms with Gasteiger partial charge in [0.1, 0.15) is 5.75 Å². The highest BCUT2D eigenvalue weighted by Crippen LogP contribution is 2.39. The zero-order valence-corrected chi connectivity index (χ0v) is 19.8. The number of halogens is 3. The molecule has 0 radical (unpaired) electrons. The molecule has 0 fully saturated rings. The first-order valence-corrected chi connectivity index (χ1v) is 11.2. The quantitative estimate of drug-likeness (QED) is 0.428. The fourth-order valence-corrected chi connectivity index (χ4v) is 3.82. The number of benzene rings is 3. The molecule has 0 unspecified atom stereocenters. The summed E-state index contributed by atoms with van der Waals surface area (Å²) >= 11 is 0. The number of carboxylic acid groups (broad SMARTS) is 1. The van der Waals surface area contributed by atoms with Crippen LogP contribution in [0.25, 0.3) is 6.08 Å². The van der Waals surface area contributed by atoms with Crippen molar-refractivity contribution in [2.45, 2.75) is 45.6 Å². The van der Waals surface area contributed by atoms with E-state index in [1.807, 2.05) is 12.1 Å². The van der Waals surface area contributed by atoms with Gasteiger partial charge < -0.3 is 15.2 Å². The zero-order chi connectivity index (χ0) is 25.6. The minimum atomic E-state index is -4.76. The van der Waals surface area contributed by atoms with Crippen LogP contribution in [0.5, 0.6) is 5.75 Å². The molecule has 35 heavy (non-hydrogen) atoms. The molecule has 1 heterocycles. The van der Waals surface area contributed by atoms with E-state index in [2.05, 4.69) is 60.8 Å². The van der Waals surface area contributed by atoms with E-state index in [0.29, 0.717) is 17.2 Å². The Morgan fingerprint density at radius 2 is 1.63 bits per heavy atom. The molecule has 4 rings (SSSR count). The van der Waals surface area contributed by atoms with Gasteiger partial charge in [0.15, 0.2) is 0 Å². The number of alkyl halides is 3. The molecular formula is C28H28F3NO3. The normalized spacial score (nSPS) is 15.6. The van der Waals surface area contributed by atoms with Crippen molar-refractivity contribution in [1.82, 2.24) is 5.32 Å². The molecule has 0 amide bonds. The first-order valence-electron chi connectivity index (χ1n) is 11.2. The number of nitrogens with one attached hydrogen (secondary N) is 1. The maximum absolute atomic E-state index is 12.8. The van der Waals surface area contributed by atoms with Crippen LogP contribution in [0.15, 0.2) is 78.4 Å². The van der Waals surface area contributed by atoms with Gasteiger partial charge in [-0.15, -0.1) is 0 Å². The highest BCUT2D eigenvalue weighted by Gasteiger charge is 2.48. The maximum atomic E-state index is 12.8.